The second-order valence-corrected chi connectivity index (χ2v) is 6.43. The summed E-state index contributed by atoms with van der Waals surface area (Å²) in [6, 6.07) is 1.29. The Balaban J connectivity index is 1.68. The fraction of sp³-hybridized carbons (Fsp3) is 0.800. The molecule has 4 rings (SSSR count). The number of carbonyl (C=O) groups is 1. The summed E-state index contributed by atoms with van der Waals surface area (Å²) in [5, 5.41) is 0. The quantitative estimate of drug-likeness (QED) is 0.649. The van der Waals surface area contributed by atoms with Crippen molar-refractivity contribution in [2.45, 2.75) is 44.2 Å². The number of nitrogens with zero attached hydrogens (tertiary/aromatic N) is 2. The monoisotopic (exact) mass is 246 g/mol. The molecule has 0 radical (unpaired) electrons. The Bertz CT molecular complexity index is 390. The number of hydrogen-bond acceptors (Lipinski definition) is 2. The van der Waals surface area contributed by atoms with Crippen molar-refractivity contribution in [2.75, 3.05) is 19.6 Å². The van der Waals surface area contributed by atoms with Crippen LogP contribution in [0.5, 0.6) is 0 Å². The van der Waals surface area contributed by atoms with E-state index >= 15 is 0 Å². The minimum atomic E-state index is 0.271. The molecular weight excluding hydrogens is 224 g/mol. The van der Waals surface area contributed by atoms with Gasteiger partial charge in [0, 0.05) is 18.6 Å². The lowest BCUT2D eigenvalue weighted by Crippen LogP contribution is -2.65. The van der Waals surface area contributed by atoms with E-state index in [1.54, 1.807) is 6.08 Å². The maximum absolute atomic E-state index is 12.1. The van der Waals surface area contributed by atoms with Crippen LogP contribution in [0.15, 0.2) is 12.2 Å². The van der Waals surface area contributed by atoms with Crippen LogP contribution in [0.1, 0.15) is 32.1 Å². The van der Waals surface area contributed by atoms with E-state index in [-0.39, 0.29) is 5.91 Å². The number of fused-ring (bicyclic) bond motifs is 2. The van der Waals surface area contributed by atoms with Crippen LogP contribution in [-0.2, 0) is 4.79 Å². The van der Waals surface area contributed by atoms with Gasteiger partial charge in [-0.3, -0.25) is 9.69 Å². The highest BCUT2D eigenvalue weighted by Crippen LogP contribution is 2.43. The first-order chi connectivity index (χ1) is 8.84. The highest BCUT2D eigenvalue weighted by molar-refractivity contribution is 5.88. The van der Waals surface area contributed by atoms with Gasteiger partial charge in [0.2, 0.25) is 5.91 Å². The molecule has 4 aliphatic heterocycles. The molecule has 0 N–H and O–H groups in total. The Labute approximate surface area is 109 Å². The molecule has 1 amide bonds. The number of carbonyl (C=O) groups excluding carboxylic acids is 1. The average Bonchev–Trinajstić information content (AvgIpc) is 2.41. The molecule has 0 aromatic rings. The van der Waals surface area contributed by atoms with Gasteiger partial charge in [0.15, 0.2) is 0 Å². The molecule has 0 aromatic heterocycles. The molecule has 2 unspecified atom stereocenters. The largest absolute Gasteiger partial charge is 0.335 e. The summed E-state index contributed by atoms with van der Waals surface area (Å²) >= 11 is 0. The summed E-state index contributed by atoms with van der Waals surface area (Å²) in [5.41, 5.74) is 0. The first kappa shape index (κ1) is 11.0. The van der Waals surface area contributed by atoms with Crippen LogP contribution in [0.4, 0.5) is 0 Å². The molecule has 4 atom stereocenters. The van der Waals surface area contributed by atoms with E-state index in [4.69, 9.17) is 0 Å². The first-order valence-corrected chi connectivity index (χ1v) is 7.56. The van der Waals surface area contributed by atoms with Crippen molar-refractivity contribution in [2.24, 2.45) is 11.8 Å². The van der Waals surface area contributed by atoms with Gasteiger partial charge < -0.3 is 4.90 Å². The zero-order valence-corrected chi connectivity index (χ0v) is 10.9. The summed E-state index contributed by atoms with van der Waals surface area (Å²) < 4.78 is 0. The Kier molecular flexibility index (Phi) is 2.51. The van der Waals surface area contributed by atoms with E-state index in [0.717, 1.165) is 30.8 Å². The van der Waals surface area contributed by atoms with Crippen molar-refractivity contribution in [1.82, 2.24) is 9.80 Å². The van der Waals surface area contributed by atoms with Crippen molar-refractivity contribution in [3.63, 3.8) is 0 Å². The normalized spacial score (nSPS) is 43.6. The second-order valence-electron chi connectivity index (χ2n) is 6.43. The zero-order chi connectivity index (χ0) is 12.1. The third kappa shape index (κ3) is 1.49. The Morgan fingerprint density at radius 1 is 1.17 bits per heavy atom. The molecule has 18 heavy (non-hydrogen) atoms. The molecule has 0 spiro atoms. The summed E-state index contributed by atoms with van der Waals surface area (Å²) in [7, 11) is 0. The van der Waals surface area contributed by atoms with Gasteiger partial charge in [-0.05, 0) is 63.1 Å². The number of piperidine rings is 3. The fourth-order valence-corrected chi connectivity index (χ4v) is 4.95. The molecule has 0 aromatic carbocycles. The van der Waals surface area contributed by atoms with Gasteiger partial charge in [0.25, 0.3) is 0 Å². The van der Waals surface area contributed by atoms with E-state index in [1.807, 2.05) is 0 Å². The molecule has 3 fully saturated rings. The van der Waals surface area contributed by atoms with E-state index in [9.17, 15) is 4.79 Å². The van der Waals surface area contributed by atoms with Crippen molar-refractivity contribution in [3.05, 3.63) is 12.2 Å². The maximum atomic E-state index is 12.1. The summed E-state index contributed by atoms with van der Waals surface area (Å²) in [6.45, 7) is 3.62. The fourth-order valence-electron chi connectivity index (χ4n) is 4.95. The van der Waals surface area contributed by atoms with E-state index in [0.29, 0.717) is 6.04 Å². The Morgan fingerprint density at radius 2 is 2.00 bits per heavy atom. The highest BCUT2D eigenvalue weighted by Gasteiger charge is 2.49. The summed E-state index contributed by atoms with van der Waals surface area (Å²) in [6.07, 6.45) is 10.3. The molecule has 0 aliphatic carbocycles. The maximum Gasteiger partial charge on any atom is 0.246 e. The zero-order valence-electron chi connectivity index (χ0n) is 10.9. The number of rotatable bonds is 0. The van der Waals surface area contributed by atoms with Crippen LogP contribution < -0.4 is 0 Å². The third-order valence-electron chi connectivity index (χ3n) is 5.59. The molecule has 3 nitrogen and oxygen atoms in total. The van der Waals surface area contributed by atoms with Crippen LogP contribution in [-0.4, -0.2) is 47.4 Å². The van der Waals surface area contributed by atoms with Crippen LogP contribution in [0.3, 0.4) is 0 Å². The van der Waals surface area contributed by atoms with Crippen LogP contribution >= 0.6 is 0 Å². The van der Waals surface area contributed by atoms with E-state index < -0.39 is 0 Å². The van der Waals surface area contributed by atoms with Crippen LogP contribution in [0, 0.1) is 11.8 Å². The molecule has 98 valence electrons. The van der Waals surface area contributed by atoms with Crippen molar-refractivity contribution in [3.8, 4) is 0 Å². The third-order valence-corrected chi connectivity index (χ3v) is 5.59. The van der Waals surface area contributed by atoms with Crippen molar-refractivity contribution >= 4 is 5.91 Å². The predicted octanol–water partition coefficient (Wildman–Crippen LogP) is 1.65. The lowest BCUT2D eigenvalue weighted by Gasteiger charge is -2.57. The standard InChI is InChI=1S/C15H22N2O/c18-14-7-1-6-13-12-5-3-9-16-8-2-4-11(15(12)16)10-17(13)14/h1,7,11-13,15H,2-6,8-10H2/t11-,12-,13?,15?/m1/s1. The minimum Gasteiger partial charge on any atom is -0.335 e. The van der Waals surface area contributed by atoms with Crippen molar-refractivity contribution < 1.29 is 4.79 Å². The molecule has 3 saturated heterocycles. The van der Waals surface area contributed by atoms with Gasteiger partial charge in [0.1, 0.15) is 0 Å². The van der Waals surface area contributed by atoms with E-state index in [2.05, 4.69) is 15.9 Å². The minimum absolute atomic E-state index is 0.271. The highest BCUT2D eigenvalue weighted by atomic mass is 16.2. The van der Waals surface area contributed by atoms with Gasteiger partial charge in [-0.25, -0.2) is 0 Å². The topological polar surface area (TPSA) is 23.6 Å². The van der Waals surface area contributed by atoms with Gasteiger partial charge in [0.05, 0.1) is 0 Å². The van der Waals surface area contributed by atoms with Gasteiger partial charge in [-0.2, -0.15) is 0 Å². The molecule has 0 saturated carbocycles. The van der Waals surface area contributed by atoms with Gasteiger partial charge in [-0.1, -0.05) is 6.08 Å². The first-order valence-electron chi connectivity index (χ1n) is 7.56. The number of amides is 1. The van der Waals surface area contributed by atoms with Gasteiger partial charge in [-0.15, -0.1) is 0 Å². The summed E-state index contributed by atoms with van der Waals surface area (Å²) in [5.74, 6) is 1.76. The van der Waals surface area contributed by atoms with E-state index in [1.165, 1.54) is 38.8 Å². The average molecular weight is 246 g/mol. The second kappa shape index (κ2) is 4.09. The molecule has 4 aliphatic rings. The lowest BCUT2D eigenvalue weighted by molar-refractivity contribution is -0.141. The van der Waals surface area contributed by atoms with Crippen LogP contribution in [0.2, 0.25) is 0 Å². The Hall–Kier alpha value is -0.830. The Morgan fingerprint density at radius 3 is 2.89 bits per heavy atom. The predicted molar refractivity (Wildman–Crippen MR) is 70.1 cm³/mol. The van der Waals surface area contributed by atoms with Crippen LogP contribution in [0.25, 0.3) is 0 Å². The molecular formula is C15H22N2O. The smallest absolute Gasteiger partial charge is 0.246 e. The van der Waals surface area contributed by atoms with Gasteiger partial charge >= 0.3 is 0 Å². The summed E-state index contributed by atoms with van der Waals surface area (Å²) in [4.78, 5) is 17.0. The molecule has 3 heteroatoms. The molecule has 4 heterocycles. The SMILES string of the molecule is O=C1C=CCC2[C@H]3CCCN4CCC[C@H](CN12)C34. The van der Waals surface area contributed by atoms with Crippen molar-refractivity contribution in [1.29, 1.82) is 0 Å². The lowest BCUT2D eigenvalue weighted by atomic mass is 9.68. The number of hydrogen-bond donors (Lipinski definition) is 0. The molecule has 0 bridgehead atoms.